The molecule has 0 spiro atoms. The summed E-state index contributed by atoms with van der Waals surface area (Å²) in [4.78, 5) is 0. The lowest BCUT2D eigenvalue weighted by Gasteiger charge is -2.28. The Bertz CT molecular complexity index is 623. The molecule has 0 radical (unpaired) electrons. The third-order valence-electron chi connectivity index (χ3n) is 3.93. The quantitative estimate of drug-likeness (QED) is 0.867. The molecule has 0 heterocycles. The first-order valence-corrected chi connectivity index (χ1v) is 8.69. The van der Waals surface area contributed by atoms with Gasteiger partial charge in [-0.15, -0.1) is 0 Å². The van der Waals surface area contributed by atoms with Crippen molar-refractivity contribution < 1.29 is 21.6 Å². The van der Waals surface area contributed by atoms with E-state index in [4.69, 9.17) is 5.73 Å². The van der Waals surface area contributed by atoms with Gasteiger partial charge in [-0.05, 0) is 24.5 Å². The van der Waals surface area contributed by atoms with E-state index in [1.807, 2.05) is 0 Å². The van der Waals surface area contributed by atoms with Crippen molar-refractivity contribution in [3.05, 3.63) is 35.4 Å². The molecule has 1 aromatic rings. The van der Waals surface area contributed by atoms with Crippen LogP contribution in [0.25, 0.3) is 0 Å². The number of halogens is 3. The van der Waals surface area contributed by atoms with Gasteiger partial charge in [-0.1, -0.05) is 31.0 Å². The van der Waals surface area contributed by atoms with E-state index in [9.17, 15) is 21.6 Å². The van der Waals surface area contributed by atoms with Crippen LogP contribution < -0.4 is 10.5 Å². The summed E-state index contributed by atoms with van der Waals surface area (Å²) >= 11 is 0. The molecule has 1 aliphatic carbocycles. The minimum Gasteiger partial charge on any atom is -0.329 e. The third-order valence-corrected chi connectivity index (χ3v) is 5.39. The van der Waals surface area contributed by atoms with Crippen LogP contribution >= 0.6 is 0 Å². The normalized spacial score (nSPS) is 18.5. The maximum atomic E-state index is 12.7. The molecule has 0 atom stereocenters. The first-order valence-electron chi connectivity index (χ1n) is 7.04. The first kappa shape index (κ1) is 17.2. The highest BCUT2D eigenvalue weighted by Gasteiger charge is 2.36. The molecule has 124 valence electrons. The van der Waals surface area contributed by atoms with Crippen LogP contribution in [0.5, 0.6) is 0 Å². The van der Waals surface area contributed by atoms with Crippen LogP contribution in [0.3, 0.4) is 0 Å². The van der Waals surface area contributed by atoms with Gasteiger partial charge in [0.15, 0.2) is 0 Å². The highest BCUT2D eigenvalue weighted by atomic mass is 32.2. The molecular weight excluding hydrogens is 317 g/mol. The summed E-state index contributed by atoms with van der Waals surface area (Å²) in [5.41, 5.74) is 4.27. The van der Waals surface area contributed by atoms with Crippen LogP contribution in [0.1, 0.15) is 36.8 Å². The van der Waals surface area contributed by atoms with Crippen molar-refractivity contribution in [2.45, 2.75) is 43.2 Å². The minimum absolute atomic E-state index is 0.104. The molecule has 8 heteroatoms. The molecule has 2 rings (SSSR count). The van der Waals surface area contributed by atoms with Crippen molar-refractivity contribution in [1.29, 1.82) is 0 Å². The minimum atomic E-state index is -4.49. The van der Waals surface area contributed by atoms with Gasteiger partial charge in [-0.25, -0.2) is 13.1 Å². The Morgan fingerprint density at radius 1 is 1.23 bits per heavy atom. The first-order chi connectivity index (χ1) is 10.2. The second kappa shape index (κ2) is 6.17. The van der Waals surface area contributed by atoms with Crippen LogP contribution in [-0.2, 0) is 22.0 Å². The molecule has 22 heavy (non-hydrogen) atoms. The fourth-order valence-electron chi connectivity index (χ4n) is 2.82. The molecule has 0 saturated heterocycles. The molecule has 0 aliphatic heterocycles. The highest BCUT2D eigenvalue weighted by molar-refractivity contribution is 7.88. The molecular formula is C14H19F3N2O2S. The fourth-order valence-corrected chi connectivity index (χ4v) is 4.46. The standard InChI is InChI=1S/C14H19F3N2O2S/c15-14(16,17)12-5-3-4-11(8-12)9-22(20,21)19-13(10-18)6-1-2-7-13/h3-5,8,19H,1-2,6-7,9-10,18H2. The number of benzene rings is 1. The smallest absolute Gasteiger partial charge is 0.329 e. The summed E-state index contributed by atoms with van der Waals surface area (Å²) in [6.07, 6.45) is -1.39. The van der Waals surface area contributed by atoms with Crippen LogP contribution in [0.15, 0.2) is 24.3 Å². The summed E-state index contributed by atoms with van der Waals surface area (Å²) in [5.74, 6) is -0.487. The monoisotopic (exact) mass is 336 g/mol. The lowest BCUT2D eigenvalue weighted by atomic mass is 10.0. The van der Waals surface area contributed by atoms with Crippen LogP contribution in [0.4, 0.5) is 13.2 Å². The Labute approximate surface area is 127 Å². The van der Waals surface area contributed by atoms with Crippen molar-refractivity contribution in [1.82, 2.24) is 4.72 Å². The maximum absolute atomic E-state index is 12.7. The topological polar surface area (TPSA) is 72.2 Å². The van der Waals surface area contributed by atoms with Crippen LogP contribution in [0, 0.1) is 0 Å². The van der Waals surface area contributed by atoms with Crippen molar-refractivity contribution in [2.24, 2.45) is 5.73 Å². The van der Waals surface area contributed by atoms with Crippen molar-refractivity contribution in [3.63, 3.8) is 0 Å². The number of hydrogen-bond donors (Lipinski definition) is 2. The summed E-state index contributed by atoms with van der Waals surface area (Å²) in [6, 6.07) is 4.37. The molecule has 1 saturated carbocycles. The largest absolute Gasteiger partial charge is 0.416 e. The van der Waals surface area contributed by atoms with Gasteiger partial charge in [0.05, 0.1) is 11.3 Å². The van der Waals surface area contributed by atoms with E-state index in [1.54, 1.807) is 0 Å². The van der Waals surface area contributed by atoms with Crippen LogP contribution in [0.2, 0.25) is 0 Å². The van der Waals surface area contributed by atoms with E-state index in [-0.39, 0.29) is 12.1 Å². The van der Waals surface area contributed by atoms with Gasteiger partial charge in [0.2, 0.25) is 10.0 Å². The zero-order chi connectivity index (χ0) is 16.4. The fraction of sp³-hybridized carbons (Fsp3) is 0.571. The van der Waals surface area contributed by atoms with Crippen molar-refractivity contribution >= 4 is 10.0 Å². The second-order valence-corrected chi connectivity index (χ2v) is 7.47. The molecule has 1 aliphatic rings. The Balaban J connectivity index is 2.15. The summed E-state index contributed by atoms with van der Waals surface area (Å²) in [7, 11) is -3.75. The molecule has 0 bridgehead atoms. The van der Waals surface area contributed by atoms with Crippen LogP contribution in [-0.4, -0.2) is 20.5 Å². The maximum Gasteiger partial charge on any atom is 0.416 e. The lowest BCUT2D eigenvalue weighted by molar-refractivity contribution is -0.137. The van der Waals surface area contributed by atoms with E-state index in [1.165, 1.54) is 12.1 Å². The van der Waals surface area contributed by atoms with E-state index in [2.05, 4.69) is 4.72 Å². The molecule has 3 N–H and O–H groups in total. The molecule has 0 unspecified atom stereocenters. The van der Waals surface area contributed by atoms with E-state index in [0.717, 1.165) is 25.0 Å². The number of hydrogen-bond acceptors (Lipinski definition) is 3. The van der Waals surface area contributed by atoms with Gasteiger partial charge >= 0.3 is 6.18 Å². The second-order valence-electron chi connectivity index (χ2n) is 5.75. The third kappa shape index (κ3) is 4.21. The molecule has 4 nitrogen and oxygen atoms in total. The van der Waals surface area contributed by atoms with E-state index < -0.39 is 33.1 Å². The number of alkyl halides is 3. The predicted octanol–water partition coefficient (Wildman–Crippen LogP) is 2.40. The van der Waals surface area contributed by atoms with Crippen molar-refractivity contribution in [2.75, 3.05) is 6.54 Å². The SMILES string of the molecule is NCC1(NS(=O)(=O)Cc2cccc(C(F)(F)F)c2)CCCC1. The average Bonchev–Trinajstić information content (AvgIpc) is 2.86. The van der Waals surface area contributed by atoms with Gasteiger partial charge in [0, 0.05) is 12.1 Å². The number of rotatable bonds is 5. The zero-order valence-corrected chi connectivity index (χ0v) is 12.8. The van der Waals surface area contributed by atoms with Gasteiger partial charge in [-0.2, -0.15) is 13.2 Å². The van der Waals surface area contributed by atoms with Gasteiger partial charge < -0.3 is 5.73 Å². The Morgan fingerprint density at radius 3 is 2.41 bits per heavy atom. The number of sulfonamides is 1. The molecule has 0 aromatic heterocycles. The Morgan fingerprint density at radius 2 is 1.86 bits per heavy atom. The van der Waals surface area contributed by atoms with Gasteiger partial charge in [-0.3, -0.25) is 0 Å². The highest BCUT2D eigenvalue weighted by Crippen LogP contribution is 2.31. The average molecular weight is 336 g/mol. The number of nitrogens with one attached hydrogen (secondary N) is 1. The summed E-state index contributed by atoms with van der Waals surface area (Å²) < 4.78 is 65.0. The van der Waals surface area contributed by atoms with Crippen molar-refractivity contribution in [3.8, 4) is 0 Å². The molecule has 1 fully saturated rings. The van der Waals surface area contributed by atoms with E-state index >= 15 is 0 Å². The molecule has 1 aromatic carbocycles. The summed E-state index contributed by atoms with van der Waals surface area (Å²) in [6.45, 7) is 0.189. The van der Waals surface area contributed by atoms with E-state index in [0.29, 0.717) is 12.8 Å². The zero-order valence-electron chi connectivity index (χ0n) is 12.0. The van der Waals surface area contributed by atoms with Gasteiger partial charge in [0.25, 0.3) is 0 Å². The predicted molar refractivity (Wildman–Crippen MR) is 77.5 cm³/mol. The Kier molecular flexibility index (Phi) is 4.84. The molecule has 0 amide bonds. The Hall–Kier alpha value is -1.12. The number of nitrogens with two attached hydrogens (primary N) is 1. The van der Waals surface area contributed by atoms with Gasteiger partial charge in [0.1, 0.15) is 0 Å². The lowest BCUT2D eigenvalue weighted by Crippen LogP contribution is -2.51. The summed E-state index contributed by atoms with van der Waals surface area (Å²) in [5, 5.41) is 0.